The normalized spacial score (nSPS) is 20.9. The van der Waals surface area contributed by atoms with Gasteiger partial charge in [0, 0.05) is 17.1 Å². The Balaban J connectivity index is 1.89. The second-order valence-electron chi connectivity index (χ2n) is 7.79. The van der Waals surface area contributed by atoms with Gasteiger partial charge in [-0.15, -0.1) is 6.42 Å². The first-order valence-electron chi connectivity index (χ1n) is 10.3. The number of hydrogen-bond donors (Lipinski definition) is 1. The number of nitrogens with zero attached hydrogens (tertiary/aromatic N) is 1. The number of carbonyl (C=O) groups is 2. The highest BCUT2D eigenvalue weighted by atomic mass is 35.5. The van der Waals surface area contributed by atoms with E-state index >= 15 is 0 Å². The van der Waals surface area contributed by atoms with Gasteiger partial charge in [0.05, 0.1) is 6.10 Å². The van der Waals surface area contributed by atoms with Crippen LogP contribution < -0.4 is 4.90 Å². The Morgan fingerprint density at radius 2 is 1.83 bits per heavy atom. The van der Waals surface area contributed by atoms with Gasteiger partial charge in [0.1, 0.15) is 5.54 Å². The molecule has 0 unspecified atom stereocenters. The number of Topliss-reactive ketones (excluding diaryl/α,β-unsaturated/α-hetero) is 1. The molecule has 0 aliphatic heterocycles. The molecule has 3 rings (SSSR count). The van der Waals surface area contributed by atoms with Crippen molar-refractivity contribution in [3.63, 3.8) is 0 Å². The van der Waals surface area contributed by atoms with E-state index in [9.17, 15) is 14.7 Å². The molecule has 30 heavy (non-hydrogen) atoms. The maximum absolute atomic E-state index is 13.6. The van der Waals surface area contributed by atoms with Gasteiger partial charge >= 0.3 is 5.91 Å². The van der Waals surface area contributed by atoms with Crippen molar-refractivity contribution in [2.24, 2.45) is 0 Å². The number of benzene rings is 2. The lowest BCUT2D eigenvalue weighted by molar-refractivity contribution is -0.129. The van der Waals surface area contributed by atoms with Crippen LogP contribution in [-0.4, -0.2) is 28.4 Å². The molecule has 0 bridgehead atoms. The molecule has 1 fully saturated rings. The highest BCUT2D eigenvalue weighted by Crippen LogP contribution is 2.39. The summed E-state index contributed by atoms with van der Waals surface area (Å²) in [6.07, 6.45) is 8.44. The highest BCUT2D eigenvalue weighted by Gasteiger charge is 2.48. The number of hydrogen-bond acceptors (Lipinski definition) is 3. The summed E-state index contributed by atoms with van der Waals surface area (Å²) in [6, 6.07) is 16.8. The van der Waals surface area contributed by atoms with Crippen LogP contribution in [0.5, 0.6) is 0 Å². The minimum Gasteiger partial charge on any atom is -0.393 e. The summed E-state index contributed by atoms with van der Waals surface area (Å²) in [5.41, 5.74) is 0.618. The average Bonchev–Trinajstić information content (AvgIpc) is 2.76. The Bertz CT molecular complexity index is 927. The number of amides is 1. The minimum absolute atomic E-state index is 0.0195. The first-order valence-corrected chi connectivity index (χ1v) is 10.7. The van der Waals surface area contributed by atoms with Crippen molar-refractivity contribution >= 4 is 29.0 Å². The Labute approximate surface area is 182 Å². The second kappa shape index (κ2) is 9.93. The van der Waals surface area contributed by atoms with Crippen LogP contribution in [0, 0.1) is 12.3 Å². The van der Waals surface area contributed by atoms with Crippen LogP contribution >= 0.6 is 11.6 Å². The van der Waals surface area contributed by atoms with Gasteiger partial charge in [0.2, 0.25) is 0 Å². The number of terminal acetylenes is 1. The van der Waals surface area contributed by atoms with Crippen LogP contribution in [0.4, 0.5) is 5.69 Å². The Hall–Kier alpha value is -2.61. The van der Waals surface area contributed by atoms with Crippen molar-refractivity contribution in [3.8, 4) is 12.3 Å². The third-order valence-electron chi connectivity index (χ3n) is 5.83. The molecule has 0 aromatic heterocycles. The van der Waals surface area contributed by atoms with Gasteiger partial charge in [0.25, 0.3) is 0 Å². The quantitative estimate of drug-likeness (QED) is 0.663. The molecule has 2 aromatic carbocycles. The zero-order valence-electron chi connectivity index (χ0n) is 16.9. The first-order chi connectivity index (χ1) is 14.5. The zero-order valence-corrected chi connectivity index (χ0v) is 17.6. The number of ketones is 1. The third kappa shape index (κ3) is 4.92. The average molecular weight is 424 g/mol. The molecule has 1 N–H and O–H groups in total. The number of carbonyl (C=O) groups excluding carboxylic acids is 2. The fourth-order valence-electron chi connectivity index (χ4n) is 4.28. The number of aryl methyl sites for hydroxylation is 1. The largest absolute Gasteiger partial charge is 0.393 e. The number of anilines is 1. The van der Waals surface area contributed by atoms with Gasteiger partial charge in [-0.05, 0) is 68.2 Å². The van der Waals surface area contributed by atoms with E-state index in [0.29, 0.717) is 49.2 Å². The minimum atomic E-state index is -1.07. The van der Waals surface area contributed by atoms with Crippen LogP contribution in [0.25, 0.3) is 0 Å². The lowest BCUT2D eigenvalue weighted by atomic mass is 9.74. The van der Waals surface area contributed by atoms with E-state index in [1.807, 2.05) is 30.3 Å². The summed E-state index contributed by atoms with van der Waals surface area (Å²) >= 11 is 6.16. The van der Waals surface area contributed by atoms with Gasteiger partial charge in [-0.1, -0.05) is 48.0 Å². The van der Waals surface area contributed by atoms with Crippen molar-refractivity contribution in [2.75, 3.05) is 4.90 Å². The number of aliphatic hydroxyl groups excluding tert-OH is 1. The molecule has 0 saturated heterocycles. The highest BCUT2D eigenvalue weighted by molar-refractivity contribution is 6.31. The summed E-state index contributed by atoms with van der Waals surface area (Å²) in [4.78, 5) is 27.8. The molecule has 0 radical (unpaired) electrons. The molecule has 0 spiro atoms. The summed E-state index contributed by atoms with van der Waals surface area (Å²) < 4.78 is 0. The molecule has 2 aromatic rings. The van der Waals surface area contributed by atoms with Crippen LogP contribution in [0.2, 0.25) is 5.02 Å². The maximum Gasteiger partial charge on any atom is 0.303 e. The van der Waals surface area contributed by atoms with Crippen LogP contribution in [0.1, 0.15) is 44.1 Å². The molecule has 0 atom stereocenters. The topological polar surface area (TPSA) is 57.6 Å². The molecular weight excluding hydrogens is 398 g/mol. The predicted octanol–water partition coefficient (Wildman–Crippen LogP) is 4.57. The fourth-order valence-corrected chi connectivity index (χ4v) is 4.46. The van der Waals surface area contributed by atoms with Gasteiger partial charge < -0.3 is 5.11 Å². The molecule has 1 saturated carbocycles. The zero-order chi connectivity index (χ0) is 21.6. The Morgan fingerprint density at radius 1 is 1.13 bits per heavy atom. The van der Waals surface area contributed by atoms with Crippen molar-refractivity contribution in [3.05, 3.63) is 65.2 Å². The number of halogens is 1. The predicted molar refractivity (Wildman–Crippen MR) is 119 cm³/mol. The SMILES string of the molecule is C#CC(=O)N(c1cccc(Cl)c1)C1(C(=O)CCCc2ccccc2)CCC(O)CC1. The summed E-state index contributed by atoms with van der Waals surface area (Å²) in [5.74, 6) is 1.60. The first kappa shape index (κ1) is 22.1. The van der Waals surface area contributed by atoms with Gasteiger partial charge in [-0.3, -0.25) is 14.5 Å². The molecule has 4 nitrogen and oxygen atoms in total. The smallest absolute Gasteiger partial charge is 0.303 e. The Morgan fingerprint density at radius 3 is 2.47 bits per heavy atom. The van der Waals surface area contributed by atoms with E-state index < -0.39 is 17.6 Å². The van der Waals surface area contributed by atoms with Gasteiger partial charge in [-0.2, -0.15) is 0 Å². The van der Waals surface area contributed by atoms with Crippen LogP contribution in [0.3, 0.4) is 0 Å². The van der Waals surface area contributed by atoms with E-state index in [-0.39, 0.29) is 5.78 Å². The third-order valence-corrected chi connectivity index (χ3v) is 6.07. The summed E-state index contributed by atoms with van der Waals surface area (Å²) in [6.45, 7) is 0. The van der Waals surface area contributed by atoms with Crippen molar-refractivity contribution in [1.82, 2.24) is 0 Å². The molecule has 1 aliphatic carbocycles. The molecule has 156 valence electrons. The maximum atomic E-state index is 13.6. The van der Waals surface area contributed by atoms with Crippen LogP contribution in [-0.2, 0) is 16.0 Å². The monoisotopic (exact) mass is 423 g/mol. The molecule has 0 heterocycles. The van der Waals surface area contributed by atoms with Gasteiger partial charge in [0.15, 0.2) is 5.78 Å². The van der Waals surface area contributed by atoms with Crippen molar-refractivity contribution in [1.29, 1.82) is 0 Å². The van der Waals surface area contributed by atoms with E-state index in [1.54, 1.807) is 24.3 Å². The second-order valence-corrected chi connectivity index (χ2v) is 8.23. The molecular formula is C25H26ClNO3. The van der Waals surface area contributed by atoms with E-state index in [0.717, 1.165) is 6.42 Å². The number of aliphatic hydroxyl groups is 1. The van der Waals surface area contributed by atoms with E-state index in [2.05, 4.69) is 5.92 Å². The fraction of sp³-hybridized carbons (Fsp3) is 0.360. The number of rotatable bonds is 7. The standard InChI is InChI=1S/C25H26ClNO3/c1-2-24(30)27(21-12-7-11-20(26)18-21)25(16-14-22(28)15-17-25)23(29)13-6-10-19-8-4-3-5-9-19/h1,3-5,7-9,11-12,18,22,28H,6,10,13-17H2. The molecule has 1 aliphatic rings. The molecule has 1 amide bonds. The Kier molecular flexibility index (Phi) is 7.31. The van der Waals surface area contributed by atoms with Crippen molar-refractivity contribution < 1.29 is 14.7 Å². The summed E-state index contributed by atoms with van der Waals surface area (Å²) in [7, 11) is 0. The van der Waals surface area contributed by atoms with Crippen molar-refractivity contribution in [2.45, 2.75) is 56.6 Å². The molecule has 5 heteroatoms. The van der Waals surface area contributed by atoms with E-state index in [4.69, 9.17) is 18.0 Å². The lowest BCUT2D eigenvalue weighted by Crippen LogP contribution is -2.59. The van der Waals surface area contributed by atoms with Crippen LogP contribution in [0.15, 0.2) is 54.6 Å². The lowest BCUT2D eigenvalue weighted by Gasteiger charge is -2.45. The van der Waals surface area contributed by atoms with Gasteiger partial charge in [-0.25, -0.2) is 0 Å². The van der Waals surface area contributed by atoms with E-state index in [1.165, 1.54) is 10.5 Å². The summed E-state index contributed by atoms with van der Waals surface area (Å²) in [5, 5.41) is 10.5.